The standard InChI is InChI=1S/C39H25N5.C4HI/c1-4-14-26(15-5-1)37-40-38(27-16-6-2-7-17-27)42-39(41-37)44-34-23-13-11-21-30(34)32-25-24-31-29-20-10-12-22-33(29)43(35(31)36(32)44)28-18-8-3-9-19-28;1-2-3-4-5/h1-25H;1H. The zero-order valence-corrected chi connectivity index (χ0v) is 28.3. The van der Waals surface area contributed by atoms with Crippen molar-refractivity contribution in [2.45, 2.75) is 0 Å². The highest BCUT2D eigenvalue weighted by atomic mass is 127. The van der Waals surface area contributed by atoms with Gasteiger partial charge < -0.3 is 4.57 Å². The van der Waals surface area contributed by atoms with Gasteiger partial charge in [-0.25, -0.2) is 4.98 Å². The fourth-order valence-corrected chi connectivity index (χ4v) is 6.63. The largest absolute Gasteiger partial charge is 0.307 e. The van der Waals surface area contributed by atoms with Crippen LogP contribution in [-0.2, 0) is 0 Å². The number of hydrogen-bond donors (Lipinski definition) is 0. The zero-order chi connectivity index (χ0) is 33.2. The van der Waals surface area contributed by atoms with E-state index in [0.717, 1.165) is 49.7 Å². The van der Waals surface area contributed by atoms with Gasteiger partial charge in [-0.3, -0.25) is 4.57 Å². The van der Waals surface area contributed by atoms with Crippen molar-refractivity contribution < 1.29 is 0 Å². The van der Waals surface area contributed by atoms with Crippen molar-refractivity contribution in [2.24, 2.45) is 0 Å². The van der Waals surface area contributed by atoms with Crippen molar-refractivity contribution in [3.63, 3.8) is 0 Å². The highest BCUT2D eigenvalue weighted by molar-refractivity contribution is 14.1. The van der Waals surface area contributed by atoms with E-state index >= 15 is 0 Å². The maximum Gasteiger partial charge on any atom is 0.238 e. The van der Waals surface area contributed by atoms with Crippen LogP contribution in [0.1, 0.15) is 0 Å². The van der Waals surface area contributed by atoms with Gasteiger partial charge in [-0.15, -0.1) is 6.42 Å². The SMILES string of the molecule is C#CC#CI.c1ccc(-c2nc(-c3ccccc3)nc(-n3c4ccccc4c4ccc5c6ccccc6n(-c6ccccc6)c5c43)n2)cc1. The van der Waals surface area contributed by atoms with E-state index in [2.05, 4.69) is 116 Å². The summed E-state index contributed by atoms with van der Waals surface area (Å²) in [6, 6.07) is 52.5. The van der Waals surface area contributed by atoms with Gasteiger partial charge in [-0.2, -0.15) is 9.97 Å². The third-order valence-electron chi connectivity index (χ3n) is 8.49. The lowest BCUT2D eigenvalue weighted by molar-refractivity contribution is 0.953. The molecule has 0 spiro atoms. The van der Waals surface area contributed by atoms with Crippen molar-refractivity contribution >= 4 is 66.2 Å². The zero-order valence-electron chi connectivity index (χ0n) is 26.1. The Morgan fingerprint density at radius 3 is 1.41 bits per heavy atom. The van der Waals surface area contributed by atoms with Crippen molar-refractivity contribution in [3.05, 3.63) is 152 Å². The normalized spacial score (nSPS) is 10.8. The molecule has 0 aliphatic carbocycles. The van der Waals surface area contributed by atoms with Gasteiger partial charge in [-0.05, 0) is 40.0 Å². The van der Waals surface area contributed by atoms with Gasteiger partial charge in [0.2, 0.25) is 5.95 Å². The second-order valence-electron chi connectivity index (χ2n) is 11.3. The number of benzene rings is 6. The van der Waals surface area contributed by atoms with Crippen molar-refractivity contribution in [1.29, 1.82) is 0 Å². The molecule has 0 saturated heterocycles. The summed E-state index contributed by atoms with van der Waals surface area (Å²) >= 11 is 1.88. The Kier molecular flexibility index (Phi) is 8.07. The summed E-state index contributed by atoms with van der Waals surface area (Å²) in [5, 5.41) is 4.69. The third-order valence-corrected chi connectivity index (χ3v) is 8.76. The summed E-state index contributed by atoms with van der Waals surface area (Å²) in [7, 11) is 0. The minimum Gasteiger partial charge on any atom is -0.307 e. The fourth-order valence-electron chi connectivity index (χ4n) is 6.48. The molecule has 0 saturated carbocycles. The van der Waals surface area contributed by atoms with E-state index in [1.54, 1.807) is 0 Å². The van der Waals surface area contributed by atoms with Crippen LogP contribution < -0.4 is 0 Å². The van der Waals surface area contributed by atoms with Crippen LogP contribution >= 0.6 is 22.6 Å². The molecule has 0 amide bonds. The summed E-state index contributed by atoms with van der Waals surface area (Å²) in [5.41, 5.74) is 7.37. The molecule has 6 heteroatoms. The summed E-state index contributed by atoms with van der Waals surface area (Å²) in [6.45, 7) is 0. The van der Waals surface area contributed by atoms with Gasteiger partial charge in [0.1, 0.15) is 0 Å². The number of rotatable bonds is 4. The molecule has 5 nitrogen and oxygen atoms in total. The van der Waals surface area contributed by atoms with E-state index in [4.69, 9.17) is 21.4 Å². The molecular formula is C43H26IN5. The molecule has 0 bridgehead atoms. The minimum absolute atomic E-state index is 0.585. The third kappa shape index (κ3) is 5.39. The van der Waals surface area contributed by atoms with E-state index in [-0.39, 0.29) is 0 Å². The Labute approximate surface area is 297 Å². The summed E-state index contributed by atoms with van der Waals surface area (Å²) in [6.07, 6.45) is 4.71. The van der Waals surface area contributed by atoms with Crippen LogP contribution in [0.25, 0.3) is 78.0 Å². The highest BCUT2D eigenvalue weighted by Gasteiger charge is 2.23. The van der Waals surface area contributed by atoms with Crippen molar-refractivity contribution in [3.8, 4) is 56.6 Å². The van der Waals surface area contributed by atoms with Crippen LogP contribution in [0.2, 0.25) is 0 Å². The first-order valence-corrected chi connectivity index (χ1v) is 16.8. The van der Waals surface area contributed by atoms with E-state index in [1.807, 2.05) is 83.3 Å². The maximum absolute atomic E-state index is 5.17. The average Bonchev–Trinajstić information content (AvgIpc) is 3.69. The molecule has 0 aliphatic heterocycles. The maximum atomic E-state index is 5.17. The lowest BCUT2D eigenvalue weighted by atomic mass is 10.1. The Balaban J connectivity index is 0.000000653. The van der Waals surface area contributed by atoms with Crippen LogP contribution in [-0.4, -0.2) is 24.1 Å². The quantitative estimate of drug-likeness (QED) is 0.133. The number of aromatic nitrogens is 5. The predicted molar refractivity (Wildman–Crippen MR) is 210 cm³/mol. The van der Waals surface area contributed by atoms with Gasteiger partial charge in [0, 0.05) is 61.0 Å². The van der Waals surface area contributed by atoms with Crippen LogP contribution in [0.15, 0.2) is 152 Å². The number of halogens is 1. The Morgan fingerprint density at radius 1 is 0.469 bits per heavy atom. The van der Waals surface area contributed by atoms with Crippen molar-refractivity contribution in [2.75, 3.05) is 0 Å². The number of terminal acetylenes is 1. The first-order valence-electron chi connectivity index (χ1n) is 15.7. The summed E-state index contributed by atoms with van der Waals surface area (Å²) < 4.78 is 7.10. The first-order chi connectivity index (χ1) is 24.3. The summed E-state index contributed by atoms with van der Waals surface area (Å²) in [4.78, 5) is 15.3. The molecular weight excluding hydrogens is 713 g/mol. The Morgan fingerprint density at radius 2 is 0.918 bits per heavy atom. The molecule has 9 aromatic rings. The van der Waals surface area contributed by atoms with Crippen molar-refractivity contribution in [1.82, 2.24) is 24.1 Å². The number of nitrogens with zero attached hydrogens (tertiary/aromatic N) is 5. The first kappa shape index (κ1) is 30.1. The van der Waals surface area contributed by atoms with Crippen LogP contribution in [0.5, 0.6) is 0 Å². The van der Waals surface area contributed by atoms with E-state index in [1.165, 1.54) is 10.8 Å². The van der Waals surface area contributed by atoms with E-state index < -0.39 is 0 Å². The molecule has 230 valence electrons. The van der Waals surface area contributed by atoms with Crippen LogP contribution in [0.3, 0.4) is 0 Å². The smallest absolute Gasteiger partial charge is 0.238 e. The minimum atomic E-state index is 0.585. The molecule has 6 aromatic carbocycles. The number of hydrogen-bond acceptors (Lipinski definition) is 3. The fraction of sp³-hybridized carbons (Fsp3) is 0. The van der Waals surface area contributed by atoms with Gasteiger partial charge >= 0.3 is 0 Å². The summed E-state index contributed by atoms with van der Waals surface area (Å²) in [5.74, 6) is 6.38. The molecule has 49 heavy (non-hydrogen) atoms. The van der Waals surface area contributed by atoms with Gasteiger partial charge in [0.05, 0.1) is 22.1 Å². The van der Waals surface area contributed by atoms with Gasteiger partial charge in [0.25, 0.3) is 0 Å². The molecule has 3 heterocycles. The van der Waals surface area contributed by atoms with Crippen LogP contribution in [0, 0.1) is 22.2 Å². The van der Waals surface area contributed by atoms with E-state index in [0.29, 0.717) is 17.6 Å². The predicted octanol–water partition coefficient (Wildman–Crippen LogP) is 10.4. The second kappa shape index (κ2) is 13.1. The van der Waals surface area contributed by atoms with E-state index in [9.17, 15) is 0 Å². The molecule has 3 aromatic heterocycles. The van der Waals surface area contributed by atoms with Crippen LogP contribution in [0.4, 0.5) is 0 Å². The molecule has 0 radical (unpaired) electrons. The number of para-hydroxylation sites is 3. The van der Waals surface area contributed by atoms with Gasteiger partial charge in [-0.1, -0.05) is 127 Å². The second-order valence-corrected chi connectivity index (χ2v) is 11.8. The van der Waals surface area contributed by atoms with Gasteiger partial charge in [0.15, 0.2) is 11.6 Å². The highest BCUT2D eigenvalue weighted by Crippen LogP contribution is 2.41. The number of fused-ring (bicyclic) bond motifs is 7. The monoisotopic (exact) mass is 739 g/mol. The molecule has 0 aliphatic rings. The average molecular weight is 740 g/mol. The lowest BCUT2D eigenvalue weighted by Crippen LogP contribution is -2.07. The Hall–Kier alpha value is -6.22. The topological polar surface area (TPSA) is 48.5 Å². The molecule has 9 rings (SSSR count). The molecule has 0 unspecified atom stereocenters. The Bertz CT molecular complexity index is 2670. The molecule has 0 fully saturated rings. The molecule has 0 atom stereocenters. The lowest BCUT2D eigenvalue weighted by Gasteiger charge is -2.13. The molecule has 0 N–H and O–H groups in total.